The molecule has 1 aliphatic rings. The molecule has 0 spiro atoms. The molecule has 1 N–H and O–H groups in total. The van der Waals surface area contributed by atoms with E-state index < -0.39 is 0 Å². The molecule has 1 aromatic heterocycles. The number of aryl methyl sites for hydroxylation is 2. The SMILES string of the molecule is CCn1c(-c2ccc3c(c2)CCCC3)n[nH]c1=S. The molecule has 18 heavy (non-hydrogen) atoms. The van der Waals surface area contributed by atoms with Gasteiger partial charge < -0.3 is 4.57 Å². The van der Waals surface area contributed by atoms with Gasteiger partial charge in [0.1, 0.15) is 0 Å². The van der Waals surface area contributed by atoms with Crippen LogP contribution >= 0.6 is 12.2 Å². The van der Waals surface area contributed by atoms with E-state index >= 15 is 0 Å². The van der Waals surface area contributed by atoms with Crippen LogP contribution in [0.4, 0.5) is 0 Å². The Labute approximate surface area is 112 Å². The highest BCUT2D eigenvalue weighted by molar-refractivity contribution is 7.71. The van der Waals surface area contributed by atoms with Crippen LogP contribution in [-0.4, -0.2) is 14.8 Å². The van der Waals surface area contributed by atoms with Gasteiger partial charge in [-0.3, -0.25) is 5.10 Å². The molecule has 2 aromatic rings. The lowest BCUT2D eigenvalue weighted by molar-refractivity contribution is 0.685. The Morgan fingerprint density at radius 1 is 1.28 bits per heavy atom. The van der Waals surface area contributed by atoms with E-state index in [0.29, 0.717) is 4.77 Å². The normalized spacial score (nSPS) is 14.5. The molecule has 3 nitrogen and oxygen atoms in total. The fourth-order valence-corrected chi connectivity index (χ4v) is 2.97. The largest absolute Gasteiger partial charge is 0.300 e. The highest BCUT2D eigenvalue weighted by Crippen LogP contribution is 2.26. The molecule has 1 heterocycles. The summed E-state index contributed by atoms with van der Waals surface area (Å²) < 4.78 is 2.74. The van der Waals surface area contributed by atoms with E-state index in [1.54, 1.807) is 0 Å². The van der Waals surface area contributed by atoms with Crippen LogP contribution in [0.15, 0.2) is 18.2 Å². The summed E-state index contributed by atoms with van der Waals surface area (Å²) in [5.41, 5.74) is 4.15. The molecular formula is C14H17N3S. The number of benzene rings is 1. The molecule has 0 unspecified atom stereocenters. The Balaban J connectivity index is 2.09. The van der Waals surface area contributed by atoms with Gasteiger partial charge in [0.15, 0.2) is 10.6 Å². The number of H-pyrrole nitrogens is 1. The number of nitrogens with zero attached hydrogens (tertiary/aromatic N) is 2. The van der Waals surface area contributed by atoms with E-state index in [-0.39, 0.29) is 0 Å². The van der Waals surface area contributed by atoms with Crippen LogP contribution in [0.1, 0.15) is 30.9 Å². The van der Waals surface area contributed by atoms with Crippen molar-refractivity contribution in [1.29, 1.82) is 0 Å². The van der Waals surface area contributed by atoms with Gasteiger partial charge in [-0.1, -0.05) is 12.1 Å². The third-order valence-corrected chi connectivity index (χ3v) is 3.99. The van der Waals surface area contributed by atoms with E-state index in [1.165, 1.54) is 42.4 Å². The van der Waals surface area contributed by atoms with E-state index in [1.807, 2.05) is 4.57 Å². The average molecular weight is 259 g/mol. The van der Waals surface area contributed by atoms with Gasteiger partial charge in [0.2, 0.25) is 0 Å². The number of hydrogen-bond acceptors (Lipinski definition) is 2. The Bertz CT molecular complexity index is 624. The second kappa shape index (κ2) is 4.69. The fraction of sp³-hybridized carbons (Fsp3) is 0.429. The smallest absolute Gasteiger partial charge is 0.195 e. The third-order valence-electron chi connectivity index (χ3n) is 3.68. The minimum absolute atomic E-state index is 0.699. The minimum atomic E-state index is 0.699. The third kappa shape index (κ3) is 1.90. The van der Waals surface area contributed by atoms with Gasteiger partial charge in [0.05, 0.1) is 0 Å². The van der Waals surface area contributed by atoms with Crippen LogP contribution in [0.2, 0.25) is 0 Å². The van der Waals surface area contributed by atoms with Crippen LogP contribution in [0, 0.1) is 4.77 Å². The second-order valence-electron chi connectivity index (χ2n) is 4.79. The lowest BCUT2D eigenvalue weighted by Gasteiger charge is -2.16. The molecule has 0 saturated heterocycles. The molecule has 0 bridgehead atoms. The summed E-state index contributed by atoms with van der Waals surface area (Å²) in [4.78, 5) is 0. The van der Waals surface area contributed by atoms with Gasteiger partial charge in [-0.2, -0.15) is 5.10 Å². The highest BCUT2D eigenvalue weighted by Gasteiger charge is 2.13. The number of fused-ring (bicyclic) bond motifs is 1. The first-order chi connectivity index (χ1) is 8.79. The number of nitrogens with one attached hydrogen (secondary N) is 1. The van der Waals surface area contributed by atoms with E-state index in [2.05, 4.69) is 35.3 Å². The van der Waals surface area contributed by atoms with Crippen molar-refractivity contribution >= 4 is 12.2 Å². The van der Waals surface area contributed by atoms with E-state index in [0.717, 1.165) is 12.4 Å². The van der Waals surface area contributed by atoms with Gasteiger partial charge in [0.25, 0.3) is 0 Å². The van der Waals surface area contributed by atoms with Crippen molar-refractivity contribution in [3.63, 3.8) is 0 Å². The second-order valence-corrected chi connectivity index (χ2v) is 5.17. The Kier molecular flexibility index (Phi) is 3.04. The maximum atomic E-state index is 5.24. The van der Waals surface area contributed by atoms with Crippen LogP contribution in [0.3, 0.4) is 0 Å². The molecule has 0 fully saturated rings. The quantitative estimate of drug-likeness (QED) is 0.837. The molecule has 0 amide bonds. The first kappa shape index (κ1) is 11.7. The predicted octanol–water partition coefficient (Wildman–Crippen LogP) is 3.51. The van der Waals surface area contributed by atoms with Gasteiger partial charge in [-0.05, 0) is 62.0 Å². The predicted molar refractivity (Wildman–Crippen MR) is 75.2 cm³/mol. The molecule has 0 radical (unpaired) electrons. The van der Waals surface area contributed by atoms with Crippen LogP contribution in [0.25, 0.3) is 11.4 Å². The van der Waals surface area contributed by atoms with Crippen molar-refractivity contribution in [3.8, 4) is 11.4 Å². The molecule has 3 rings (SSSR count). The van der Waals surface area contributed by atoms with Crippen LogP contribution < -0.4 is 0 Å². The molecular weight excluding hydrogens is 242 g/mol. The molecule has 4 heteroatoms. The summed E-state index contributed by atoms with van der Waals surface area (Å²) in [6.45, 7) is 2.94. The topological polar surface area (TPSA) is 33.6 Å². The molecule has 0 atom stereocenters. The summed E-state index contributed by atoms with van der Waals surface area (Å²) in [5.74, 6) is 0.955. The molecule has 0 aliphatic heterocycles. The zero-order valence-corrected chi connectivity index (χ0v) is 11.4. The van der Waals surface area contributed by atoms with Crippen LogP contribution in [-0.2, 0) is 19.4 Å². The number of aromatic nitrogens is 3. The lowest BCUT2D eigenvalue weighted by Crippen LogP contribution is -2.04. The molecule has 94 valence electrons. The van der Waals surface area contributed by atoms with Crippen molar-refractivity contribution < 1.29 is 0 Å². The maximum absolute atomic E-state index is 5.24. The summed E-state index contributed by atoms with van der Waals surface area (Å²) >= 11 is 5.24. The first-order valence-corrected chi connectivity index (χ1v) is 6.98. The first-order valence-electron chi connectivity index (χ1n) is 6.57. The number of hydrogen-bond donors (Lipinski definition) is 1. The monoisotopic (exact) mass is 259 g/mol. The van der Waals surface area contributed by atoms with E-state index in [9.17, 15) is 0 Å². The number of rotatable bonds is 2. The molecule has 0 saturated carbocycles. The lowest BCUT2D eigenvalue weighted by atomic mass is 9.90. The minimum Gasteiger partial charge on any atom is -0.300 e. The zero-order valence-electron chi connectivity index (χ0n) is 10.6. The average Bonchev–Trinajstić information content (AvgIpc) is 2.79. The van der Waals surface area contributed by atoms with Crippen molar-refractivity contribution in [2.45, 2.75) is 39.2 Å². The highest BCUT2D eigenvalue weighted by atomic mass is 32.1. The summed E-state index contributed by atoms with van der Waals surface area (Å²) in [6.07, 6.45) is 5.04. The van der Waals surface area contributed by atoms with Gasteiger partial charge in [0, 0.05) is 12.1 Å². The van der Waals surface area contributed by atoms with E-state index in [4.69, 9.17) is 12.2 Å². The van der Waals surface area contributed by atoms with Gasteiger partial charge in [-0.15, -0.1) is 0 Å². The van der Waals surface area contributed by atoms with Gasteiger partial charge >= 0.3 is 0 Å². The van der Waals surface area contributed by atoms with Gasteiger partial charge in [-0.25, -0.2) is 0 Å². The Morgan fingerprint density at radius 3 is 2.83 bits per heavy atom. The van der Waals surface area contributed by atoms with Crippen molar-refractivity contribution in [3.05, 3.63) is 34.1 Å². The van der Waals surface area contributed by atoms with Crippen molar-refractivity contribution in [2.75, 3.05) is 0 Å². The summed E-state index contributed by atoms with van der Waals surface area (Å²) in [7, 11) is 0. The maximum Gasteiger partial charge on any atom is 0.195 e. The standard InChI is InChI=1S/C14H17N3S/c1-2-17-13(15-16-14(17)18)12-8-7-10-5-3-4-6-11(10)9-12/h7-9H,2-6H2,1H3,(H,16,18). The number of aromatic amines is 1. The molecule has 1 aromatic carbocycles. The summed E-state index contributed by atoms with van der Waals surface area (Å²) in [5, 5.41) is 7.23. The van der Waals surface area contributed by atoms with Crippen LogP contribution in [0.5, 0.6) is 0 Å². The zero-order chi connectivity index (χ0) is 12.5. The summed E-state index contributed by atoms with van der Waals surface area (Å²) in [6, 6.07) is 6.70. The van der Waals surface area contributed by atoms with Crippen molar-refractivity contribution in [1.82, 2.24) is 14.8 Å². The molecule has 1 aliphatic carbocycles. The fourth-order valence-electron chi connectivity index (χ4n) is 2.70. The van der Waals surface area contributed by atoms with Crippen molar-refractivity contribution in [2.24, 2.45) is 0 Å². The Morgan fingerprint density at radius 2 is 2.06 bits per heavy atom. The Hall–Kier alpha value is -1.42.